The molecule has 1 saturated carbocycles. The molecule has 0 unspecified atom stereocenters. The van der Waals surface area contributed by atoms with Gasteiger partial charge in [-0.25, -0.2) is 0 Å². The van der Waals surface area contributed by atoms with Gasteiger partial charge in [-0.05, 0) is 29.7 Å². The molecule has 1 heterocycles. The zero-order chi connectivity index (χ0) is 12.7. The first-order valence-corrected chi connectivity index (χ1v) is 7.07. The van der Waals surface area contributed by atoms with Gasteiger partial charge >= 0.3 is 0 Å². The Morgan fingerprint density at radius 3 is 2.32 bits per heavy atom. The van der Waals surface area contributed by atoms with Crippen LogP contribution in [0.2, 0.25) is 0 Å². The van der Waals surface area contributed by atoms with Crippen LogP contribution in [0.25, 0.3) is 10.8 Å². The van der Waals surface area contributed by atoms with Crippen LogP contribution in [0.5, 0.6) is 0 Å². The first-order chi connectivity index (χ1) is 9.35. The maximum atomic E-state index is 5.95. The van der Waals surface area contributed by atoms with Gasteiger partial charge in [-0.2, -0.15) is 0 Å². The third kappa shape index (κ3) is 1.96. The zero-order valence-corrected chi connectivity index (χ0v) is 11.0. The molecule has 2 fully saturated rings. The fraction of sp³-hybridized carbons (Fsp3) is 0.412. The van der Waals surface area contributed by atoms with Crippen LogP contribution < -0.4 is 0 Å². The van der Waals surface area contributed by atoms with Crippen molar-refractivity contribution in [3.05, 3.63) is 48.0 Å². The fourth-order valence-corrected chi connectivity index (χ4v) is 3.11. The van der Waals surface area contributed by atoms with Crippen LogP contribution >= 0.6 is 0 Å². The Morgan fingerprint density at radius 1 is 0.895 bits per heavy atom. The molecule has 1 aliphatic carbocycles. The van der Waals surface area contributed by atoms with Crippen LogP contribution in [0.15, 0.2) is 42.5 Å². The Labute approximate surface area is 113 Å². The Morgan fingerprint density at radius 2 is 1.63 bits per heavy atom. The number of hydrogen-bond acceptors (Lipinski definition) is 2. The molecule has 0 amide bonds. The Hall–Kier alpha value is -1.38. The molecule has 0 aromatic heterocycles. The highest BCUT2D eigenvalue weighted by atomic mass is 16.7. The monoisotopic (exact) mass is 254 g/mol. The van der Waals surface area contributed by atoms with Crippen LogP contribution in [-0.4, -0.2) is 13.2 Å². The molecule has 1 saturated heterocycles. The minimum absolute atomic E-state index is 0.184. The van der Waals surface area contributed by atoms with Gasteiger partial charge in [-0.3, -0.25) is 0 Å². The highest BCUT2D eigenvalue weighted by Crippen LogP contribution is 2.46. The topological polar surface area (TPSA) is 18.5 Å². The van der Waals surface area contributed by atoms with Crippen molar-refractivity contribution in [1.29, 1.82) is 0 Å². The fourth-order valence-electron chi connectivity index (χ4n) is 3.11. The summed E-state index contributed by atoms with van der Waals surface area (Å²) >= 11 is 0. The van der Waals surface area contributed by atoms with E-state index in [1.807, 2.05) is 0 Å². The maximum absolute atomic E-state index is 5.95. The summed E-state index contributed by atoms with van der Waals surface area (Å²) in [5.41, 5.74) is 1.47. The van der Waals surface area contributed by atoms with Crippen LogP contribution in [-0.2, 0) is 9.47 Å². The molecule has 98 valence electrons. The van der Waals surface area contributed by atoms with Gasteiger partial charge in [0.2, 0.25) is 0 Å². The smallest absolute Gasteiger partial charge is 0.183 e. The van der Waals surface area contributed by atoms with Crippen molar-refractivity contribution in [2.45, 2.75) is 25.6 Å². The van der Waals surface area contributed by atoms with Gasteiger partial charge < -0.3 is 9.47 Å². The first-order valence-electron chi connectivity index (χ1n) is 7.07. The highest BCUT2D eigenvalue weighted by molar-refractivity contribution is 5.83. The summed E-state index contributed by atoms with van der Waals surface area (Å²) in [5.74, 6) is 0. The predicted octanol–water partition coefficient (Wildman–Crippen LogP) is 4.06. The Bertz CT molecular complexity index is 591. The van der Waals surface area contributed by atoms with Crippen molar-refractivity contribution in [3.8, 4) is 0 Å². The van der Waals surface area contributed by atoms with Crippen LogP contribution in [0.4, 0.5) is 0 Å². The van der Waals surface area contributed by atoms with Gasteiger partial charge in [0, 0.05) is 11.0 Å². The molecule has 1 aliphatic heterocycles. The van der Waals surface area contributed by atoms with Crippen molar-refractivity contribution < 1.29 is 9.47 Å². The van der Waals surface area contributed by atoms with E-state index in [1.165, 1.54) is 30.0 Å². The molecule has 2 nitrogen and oxygen atoms in total. The van der Waals surface area contributed by atoms with Crippen molar-refractivity contribution in [3.63, 3.8) is 0 Å². The number of benzene rings is 2. The standard InChI is InChI=1S/C17H18O2/c1-2-5-14-10-15(7-6-13(14)4-1)16-18-11-17(12-19-16)8-3-9-17/h1-2,4-7,10,16H,3,8-9,11-12H2. The summed E-state index contributed by atoms with van der Waals surface area (Å²) < 4.78 is 11.9. The Balaban J connectivity index is 1.57. The first kappa shape index (κ1) is 11.4. The average Bonchev–Trinajstić information content (AvgIpc) is 2.45. The van der Waals surface area contributed by atoms with E-state index in [-0.39, 0.29) is 6.29 Å². The molecule has 1 spiro atoms. The molecular formula is C17H18O2. The summed E-state index contributed by atoms with van der Waals surface area (Å²) in [7, 11) is 0. The van der Waals surface area contributed by atoms with E-state index < -0.39 is 0 Å². The van der Waals surface area contributed by atoms with Gasteiger partial charge in [0.1, 0.15) is 0 Å². The van der Waals surface area contributed by atoms with E-state index in [0.717, 1.165) is 18.8 Å². The molecule has 19 heavy (non-hydrogen) atoms. The third-order valence-corrected chi connectivity index (χ3v) is 4.54. The summed E-state index contributed by atoms with van der Waals surface area (Å²) in [6.45, 7) is 1.70. The highest BCUT2D eigenvalue weighted by Gasteiger charge is 2.42. The number of fused-ring (bicyclic) bond motifs is 1. The maximum Gasteiger partial charge on any atom is 0.183 e. The van der Waals surface area contributed by atoms with Crippen LogP contribution in [0.3, 0.4) is 0 Å². The lowest BCUT2D eigenvalue weighted by Crippen LogP contribution is -2.43. The molecule has 2 aromatic carbocycles. The van der Waals surface area contributed by atoms with E-state index in [4.69, 9.17) is 9.47 Å². The van der Waals surface area contributed by atoms with Crippen molar-refractivity contribution in [2.75, 3.05) is 13.2 Å². The third-order valence-electron chi connectivity index (χ3n) is 4.54. The van der Waals surface area contributed by atoms with Crippen LogP contribution in [0, 0.1) is 5.41 Å². The molecule has 0 radical (unpaired) electrons. The van der Waals surface area contributed by atoms with Crippen molar-refractivity contribution in [1.82, 2.24) is 0 Å². The molecule has 2 heteroatoms. The van der Waals surface area contributed by atoms with E-state index >= 15 is 0 Å². The Kier molecular flexibility index (Phi) is 2.61. The summed E-state index contributed by atoms with van der Waals surface area (Å²) in [6.07, 6.45) is 3.67. The molecule has 2 aromatic rings. The molecule has 4 rings (SSSR count). The normalized spacial score (nSPS) is 22.5. The van der Waals surface area contributed by atoms with E-state index in [0.29, 0.717) is 5.41 Å². The molecule has 2 aliphatic rings. The van der Waals surface area contributed by atoms with Crippen molar-refractivity contribution >= 4 is 10.8 Å². The minimum atomic E-state index is -0.184. The predicted molar refractivity (Wildman–Crippen MR) is 74.9 cm³/mol. The lowest BCUT2D eigenvalue weighted by Gasteiger charge is -2.46. The molecule has 0 atom stereocenters. The summed E-state index contributed by atoms with van der Waals surface area (Å²) in [5, 5.41) is 2.51. The second kappa shape index (κ2) is 4.32. The second-order valence-electron chi connectivity index (χ2n) is 5.91. The molecule has 0 bridgehead atoms. The lowest BCUT2D eigenvalue weighted by molar-refractivity contribution is -0.250. The quantitative estimate of drug-likeness (QED) is 0.764. The average molecular weight is 254 g/mol. The van der Waals surface area contributed by atoms with E-state index in [2.05, 4.69) is 42.5 Å². The van der Waals surface area contributed by atoms with Crippen molar-refractivity contribution in [2.24, 2.45) is 5.41 Å². The van der Waals surface area contributed by atoms with Gasteiger partial charge in [0.25, 0.3) is 0 Å². The lowest BCUT2D eigenvalue weighted by atomic mass is 9.70. The summed E-state index contributed by atoms with van der Waals surface area (Å²) in [6, 6.07) is 14.8. The van der Waals surface area contributed by atoms with Gasteiger partial charge in [0.05, 0.1) is 13.2 Å². The molecular weight excluding hydrogens is 236 g/mol. The van der Waals surface area contributed by atoms with Gasteiger partial charge in [-0.1, -0.05) is 42.8 Å². The van der Waals surface area contributed by atoms with E-state index in [1.54, 1.807) is 0 Å². The van der Waals surface area contributed by atoms with Gasteiger partial charge in [-0.15, -0.1) is 0 Å². The number of hydrogen-bond donors (Lipinski definition) is 0. The van der Waals surface area contributed by atoms with Gasteiger partial charge in [0.15, 0.2) is 6.29 Å². The second-order valence-corrected chi connectivity index (χ2v) is 5.91. The van der Waals surface area contributed by atoms with Crippen LogP contribution in [0.1, 0.15) is 31.1 Å². The minimum Gasteiger partial charge on any atom is -0.348 e. The number of ether oxygens (including phenoxy) is 2. The molecule has 0 N–H and O–H groups in total. The largest absolute Gasteiger partial charge is 0.348 e. The number of rotatable bonds is 1. The summed E-state index contributed by atoms with van der Waals surface area (Å²) in [4.78, 5) is 0. The van der Waals surface area contributed by atoms with E-state index in [9.17, 15) is 0 Å². The SMILES string of the molecule is c1ccc2cc(C3OCC4(CCC4)CO3)ccc2c1. The zero-order valence-electron chi connectivity index (χ0n) is 11.0.